The molecule has 35 heavy (non-hydrogen) atoms. The number of halogens is 4. The van der Waals surface area contributed by atoms with Crippen LogP contribution in [0.4, 0.5) is 13.2 Å². The van der Waals surface area contributed by atoms with Gasteiger partial charge >= 0.3 is 6.18 Å². The van der Waals surface area contributed by atoms with Gasteiger partial charge in [0, 0.05) is 15.6 Å². The average molecular weight is 601 g/mol. The Morgan fingerprint density at radius 2 is 1.89 bits per heavy atom. The highest BCUT2D eigenvalue weighted by molar-refractivity contribution is 14.1. The number of aliphatic hydroxyl groups excluding tert-OH is 1. The molecule has 1 aliphatic rings. The largest absolute Gasteiger partial charge is 0.435 e. The molecule has 0 saturated heterocycles. The van der Waals surface area contributed by atoms with E-state index in [0.29, 0.717) is 11.3 Å². The molecule has 3 N–H and O–H groups in total. The molecule has 1 aliphatic carbocycles. The molecule has 10 heteroatoms. The zero-order valence-electron chi connectivity index (χ0n) is 19.0. The van der Waals surface area contributed by atoms with Crippen molar-refractivity contribution in [2.45, 2.75) is 45.9 Å². The molecule has 0 unspecified atom stereocenters. The summed E-state index contributed by atoms with van der Waals surface area (Å²) in [7, 11) is 0. The van der Waals surface area contributed by atoms with Gasteiger partial charge in [-0.1, -0.05) is 26.0 Å². The van der Waals surface area contributed by atoms with Gasteiger partial charge in [-0.25, -0.2) is 4.68 Å². The van der Waals surface area contributed by atoms with E-state index in [1.54, 1.807) is 12.1 Å². The summed E-state index contributed by atoms with van der Waals surface area (Å²) in [6.07, 6.45) is -4.25. The zero-order valence-corrected chi connectivity index (χ0v) is 21.2. The Morgan fingerprint density at radius 3 is 2.49 bits per heavy atom. The number of nitrogens with zero attached hydrogens (tertiary/aromatic N) is 2. The molecule has 0 radical (unpaired) electrons. The van der Waals surface area contributed by atoms with Crippen molar-refractivity contribution in [2.24, 2.45) is 11.1 Å². The fourth-order valence-electron chi connectivity index (χ4n) is 4.51. The SMILES string of the molecule is CC1(C)CC(=O)c2c(C(F)(F)F)nn(-c3ccc(C(N)=O)c(Cc4ccc(CO)c([131I])c4)c3)c2C1. The molecule has 0 atom stereocenters. The third kappa shape index (κ3) is 4.99. The Kier molecular flexibility index (Phi) is 6.56. The maximum atomic E-state index is 13.8. The normalized spacial score (nSPS) is 15.2. The average Bonchev–Trinajstić information content (AvgIpc) is 3.12. The first-order valence-electron chi connectivity index (χ1n) is 10.8. The second kappa shape index (κ2) is 9.05. The minimum Gasteiger partial charge on any atom is -0.392 e. The summed E-state index contributed by atoms with van der Waals surface area (Å²) in [6.45, 7) is 3.55. The predicted molar refractivity (Wildman–Crippen MR) is 131 cm³/mol. The number of carbonyl (C=O) groups excluding carboxylic acids is 2. The number of hydrogen-bond donors (Lipinski definition) is 2. The van der Waals surface area contributed by atoms with E-state index in [4.69, 9.17) is 5.73 Å². The summed E-state index contributed by atoms with van der Waals surface area (Å²) < 4.78 is 43.4. The summed E-state index contributed by atoms with van der Waals surface area (Å²) in [5.74, 6) is -1.25. The van der Waals surface area contributed by atoms with Crippen LogP contribution in [0.25, 0.3) is 5.69 Å². The molecule has 6 nitrogen and oxygen atoms in total. The van der Waals surface area contributed by atoms with Crippen molar-refractivity contribution in [1.29, 1.82) is 0 Å². The lowest BCUT2D eigenvalue weighted by molar-refractivity contribution is -0.141. The van der Waals surface area contributed by atoms with Gasteiger partial charge in [0.2, 0.25) is 5.91 Å². The maximum absolute atomic E-state index is 13.8. The van der Waals surface area contributed by atoms with E-state index in [2.05, 4.69) is 27.7 Å². The Morgan fingerprint density at radius 1 is 1.17 bits per heavy atom. The topological polar surface area (TPSA) is 98.2 Å². The molecule has 1 heterocycles. The first-order valence-corrected chi connectivity index (χ1v) is 11.9. The highest BCUT2D eigenvalue weighted by Crippen LogP contribution is 2.42. The Bertz CT molecular complexity index is 1350. The van der Waals surface area contributed by atoms with Crippen molar-refractivity contribution in [1.82, 2.24) is 9.78 Å². The van der Waals surface area contributed by atoms with Gasteiger partial charge in [0.1, 0.15) is 0 Å². The summed E-state index contributed by atoms with van der Waals surface area (Å²) in [5, 5.41) is 13.2. The Balaban J connectivity index is 1.86. The molecule has 4 rings (SSSR count). The molecule has 0 fully saturated rings. The number of benzene rings is 2. The lowest BCUT2D eigenvalue weighted by Gasteiger charge is -2.29. The Labute approximate surface area is 213 Å². The third-order valence-corrected chi connectivity index (χ3v) is 7.10. The van der Waals surface area contributed by atoms with Crippen LogP contribution in [0.2, 0.25) is 0 Å². The van der Waals surface area contributed by atoms with Gasteiger partial charge in [-0.05, 0) is 81.8 Å². The molecule has 0 saturated carbocycles. The van der Waals surface area contributed by atoms with E-state index in [1.165, 1.54) is 16.8 Å². The van der Waals surface area contributed by atoms with Gasteiger partial charge in [0.25, 0.3) is 0 Å². The van der Waals surface area contributed by atoms with Crippen molar-refractivity contribution in [3.05, 3.63) is 79.2 Å². The van der Waals surface area contributed by atoms with Gasteiger partial charge in [-0.15, -0.1) is 0 Å². The smallest absolute Gasteiger partial charge is 0.392 e. The van der Waals surface area contributed by atoms with E-state index in [0.717, 1.165) is 14.7 Å². The summed E-state index contributed by atoms with van der Waals surface area (Å²) in [4.78, 5) is 24.8. The number of fused-ring (bicyclic) bond motifs is 1. The molecule has 184 valence electrons. The lowest BCUT2D eigenvalue weighted by Crippen LogP contribution is -2.29. The first kappa shape index (κ1) is 25.4. The highest BCUT2D eigenvalue weighted by Gasteiger charge is 2.45. The minimum atomic E-state index is -4.78. The third-order valence-electron chi connectivity index (χ3n) is 6.09. The fourth-order valence-corrected chi connectivity index (χ4v) is 5.26. The second-order valence-electron chi connectivity index (χ2n) is 9.49. The quantitative estimate of drug-likeness (QED) is 0.410. The van der Waals surface area contributed by atoms with Crippen LogP contribution in [-0.2, 0) is 25.6 Å². The van der Waals surface area contributed by atoms with Crippen LogP contribution < -0.4 is 5.73 Å². The van der Waals surface area contributed by atoms with Crippen LogP contribution in [0.3, 0.4) is 0 Å². The minimum absolute atomic E-state index is 0.00308. The van der Waals surface area contributed by atoms with E-state index in [9.17, 15) is 27.9 Å². The summed E-state index contributed by atoms with van der Waals surface area (Å²) in [5.41, 5.74) is 6.33. The van der Waals surface area contributed by atoms with Crippen LogP contribution in [0.1, 0.15) is 69.1 Å². The Hall–Kier alpha value is -2.73. The molecular formula is C25H23F3IN3O3. The molecule has 1 aromatic heterocycles. The van der Waals surface area contributed by atoms with Crippen LogP contribution in [0.15, 0.2) is 36.4 Å². The van der Waals surface area contributed by atoms with E-state index >= 15 is 0 Å². The van der Waals surface area contributed by atoms with Gasteiger partial charge in [0.15, 0.2) is 11.5 Å². The monoisotopic (exact) mass is 601 g/mol. The van der Waals surface area contributed by atoms with Crippen molar-refractivity contribution < 1.29 is 27.9 Å². The molecule has 0 spiro atoms. The molecular weight excluding hydrogens is 578 g/mol. The number of alkyl halides is 3. The fraction of sp³-hybridized carbons (Fsp3) is 0.320. The molecule has 0 aliphatic heterocycles. The first-order chi connectivity index (χ1) is 16.3. The van der Waals surface area contributed by atoms with Gasteiger partial charge in [0.05, 0.1) is 23.6 Å². The van der Waals surface area contributed by atoms with Crippen molar-refractivity contribution in [3.8, 4) is 5.69 Å². The number of aromatic nitrogens is 2. The van der Waals surface area contributed by atoms with Crippen molar-refractivity contribution in [3.63, 3.8) is 0 Å². The predicted octanol–water partition coefficient (Wildman–Crippen LogP) is 4.83. The highest BCUT2D eigenvalue weighted by atomic mass is 131. The van der Waals surface area contributed by atoms with Gasteiger partial charge in [-0.3, -0.25) is 9.59 Å². The number of primary amides is 1. The van der Waals surface area contributed by atoms with E-state index < -0.39 is 29.0 Å². The number of ketones is 1. The number of hydrogen-bond acceptors (Lipinski definition) is 4. The van der Waals surface area contributed by atoms with E-state index in [-0.39, 0.29) is 42.7 Å². The molecule has 1 amide bonds. The molecule has 2 aromatic carbocycles. The maximum Gasteiger partial charge on any atom is 0.435 e. The second-order valence-corrected chi connectivity index (χ2v) is 10.6. The number of Topliss-reactive ketones (excluding diaryl/α,β-unsaturated/α-hetero) is 1. The summed E-state index contributed by atoms with van der Waals surface area (Å²) in [6, 6.07) is 10.00. The van der Waals surface area contributed by atoms with Crippen LogP contribution in [0, 0.1) is 8.99 Å². The van der Waals surface area contributed by atoms with Crippen molar-refractivity contribution in [2.75, 3.05) is 0 Å². The van der Waals surface area contributed by atoms with Gasteiger partial charge in [-0.2, -0.15) is 18.3 Å². The van der Waals surface area contributed by atoms with Gasteiger partial charge < -0.3 is 10.8 Å². The van der Waals surface area contributed by atoms with Crippen LogP contribution >= 0.6 is 22.6 Å². The zero-order chi connectivity index (χ0) is 25.7. The number of amides is 1. The molecule has 0 bridgehead atoms. The number of carbonyl (C=O) groups is 2. The van der Waals surface area contributed by atoms with E-state index in [1.807, 2.05) is 26.0 Å². The number of rotatable bonds is 5. The standard InChI is InChI=1S/C25H23F3IN3O3/c1-24(2)10-19-21(20(34)11-24)22(25(26,27)28)31-32(19)16-5-6-17(23(30)35)15(9-16)7-13-3-4-14(12-33)18(29)8-13/h3-6,8-9,33H,7,10-12H2,1-2H3,(H2,30,35)/i29+4. The number of aliphatic hydroxyl groups is 1. The lowest BCUT2D eigenvalue weighted by atomic mass is 9.75. The molecule has 3 aromatic rings. The van der Waals surface area contributed by atoms with Crippen molar-refractivity contribution >= 4 is 34.3 Å². The summed E-state index contributed by atoms with van der Waals surface area (Å²) >= 11 is 2.10. The van der Waals surface area contributed by atoms with Crippen LogP contribution in [0.5, 0.6) is 0 Å². The van der Waals surface area contributed by atoms with Crippen LogP contribution in [-0.4, -0.2) is 26.6 Å². The number of nitrogens with two attached hydrogens (primary N) is 1.